The zero-order valence-electron chi connectivity index (χ0n) is 13.1. The van der Waals surface area contributed by atoms with Gasteiger partial charge in [-0.15, -0.1) is 0 Å². The second-order valence-electron chi connectivity index (χ2n) is 5.68. The lowest BCUT2D eigenvalue weighted by molar-refractivity contribution is -0.709. The molecular weight excluding hydrogens is 296 g/mol. The van der Waals surface area contributed by atoms with Gasteiger partial charge in [0.15, 0.2) is 6.04 Å². The number of anilines is 1. The van der Waals surface area contributed by atoms with Crippen molar-refractivity contribution in [3.05, 3.63) is 64.7 Å². The fourth-order valence-electron chi connectivity index (χ4n) is 2.31. The third-order valence-corrected chi connectivity index (χ3v) is 3.92. The van der Waals surface area contributed by atoms with Crippen molar-refractivity contribution < 1.29 is 10.1 Å². The highest BCUT2D eigenvalue weighted by molar-refractivity contribution is 6.30. The van der Waals surface area contributed by atoms with Crippen molar-refractivity contribution in [1.29, 1.82) is 0 Å². The van der Waals surface area contributed by atoms with Gasteiger partial charge in [0, 0.05) is 16.3 Å². The molecule has 0 heterocycles. The Hall–Kier alpha value is -1.84. The van der Waals surface area contributed by atoms with Crippen LogP contribution < -0.4 is 10.6 Å². The molecule has 0 saturated heterocycles. The second-order valence-corrected chi connectivity index (χ2v) is 6.12. The SMILES string of the molecule is Cc1ccc(NC(=O)[C@H](C)[NH2+][C@@H](C)c2cccc(Cl)c2)cc1. The minimum atomic E-state index is -0.185. The monoisotopic (exact) mass is 317 g/mol. The van der Waals surface area contributed by atoms with Gasteiger partial charge in [-0.25, -0.2) is 0 Å². The van der Waals surface area contributed by atoms with Gasteiger partial charge in [0.1, 0.15) is 6.04 Å². The predicted molar refractivity (Wildman–Crippen MR) is 91.1 cm³/mol. The summed E-state index contributed by atoms with van der Waals surface area (Å²) in [5.74, 6) is -0.00210. The molecule has 0 aliphatic heterocycles. The van der Waals surface area contributed by atoms with Gasteiger partial charge in [0.25, 0.3) is 5.91 Å². The molecule has 2 aromatic carbocycles. The van der Waals surface area contributed by atoms with Crippen molar-refractivity contribution in [2.24, 2.45) is 0 Å². The summed E-state index contributed by atoms with van der Waals surface area (Å²) in [5, 5.41) is 5.69. The maximum atomic E-state index is 12.3. The molecule has 2 rings (SSSR count). The Morgan fingerprint density at radius 3 is 2.45 bits per heavy atom. The Balaban J connectivity index is 1.94. The van der Waals surface area contributed by atoms with Gasteiger partial charge in [-0.3, -0.25) is 4.79 Å². The lowest BCUT2D eigenvalue weighted by Crippen LogP contribution is -2.91. The van der Waals surface area contributed by atoms with E-state index in [1.54, 1.807) is 0 Å². The van der Waals surface area contributed by atoms with Crippen molar-refractivity contribution in [3.8, 4) is 0 Å². The largest absolute Gasteiger partial charge is 0.330 e. The van der Waals surface area contributed by atoms with E-state index in [9.17, 15) is 4.79 Å². The van der Waals surface area contributed by atoms with E-state index in [0.29, 0.717) is 0 Å². The summed E-state index contributed by atoms with van der Waals surface area (Å²) < 4.78 is 0. The van der Waals surface area contributed by atoms with E-state index in [1.165, 1.54) is 5.56 Å². The Morgan fingerprint density at radius 1 is 1.14 bits per heavy atom. The van der Waals surface area contributed by atoms with Gasteiger partial charge in [0.05, 0.1) is 0 Å². The van der Waals surface area contributed by atoms with Gasteiger partial charge in [-0.05, 0) is 45.0 Å². The number of halogens is 1. The van der Waals surface area contributed by atoms with Crippen molar-refractivity contribution in [1.82, 2.24) is 0 Å². The standard InChI is InChI=1S/C18H21ClN2O/c1-12-7-9-17(10-8-12)21-18(22)14(3)20-13(2)15-5-4-6-16(19)11-15/h4-11,13-14,20H,1-3H3,(H,21,22)/p+1/t13-,14-/m0/s1. The Labute approximate surface area is 136 Å². The van der Waals surface area contributed by atoms with E-state index in [-0.39, 0.29) is 18.0 Å². The van der Waals surface area contributed by atoms with Crippen molar-refractivity contribution in [2.45, 2.75) is 32.9 Å². The molecule has 0 unspecified atom stereocenters. The van der Waals surface area contributed by atoms with Crippen LogP contribution in [0, 0.1) is 6.92 Å². The number of quaternary nitrogens is 1. The molecule has 0 aliphatic carbocycles. The lowest BCUT2D eigenvalue weighted by Gasteiger charge is -2.17. The Bertz CT molecular complexity index is 640. The fourth-order valence-corrected chi connectivity index (χ4v) is 2.51. The van der Waals surface area contributed by atoms with Gasteiger partial charge in [-0.2, -0.15) is 0 Å². The van der Waals surface area contributed by atoms with Gasteiger partial charge in [0.2, 0.25) is 0 Å². The fraction of sp³-hybridized carbons (Fsp3) is 0.278. The molecule has 0 spiro atoms. The number of rotatable bonds is 5. The number of nitrogens with two attached hydrogens (primary N) is 1. The third kappa shape index (κ3) is 4.58. The highest BCUT2D eigenvalue weighted by atomic mass is 35.5. The molecule has 2 aromatic rings. The summed E-state index contributed by atoms with van der Waals surface area (Å²) >= 11 is 6.01. The van der Waals surface area contributed by atoms with E-state index in [2.05, 4.69) is 12.2 Å². The summed E-state index contributed by atoms with van der Waals surface area (Å²) in [6, 6.07) is 15.5. The quantitative estimate of drug-likeness (QED) is 0.873. The summed E-state index contributed by atoms with van der Waals surface area (Å²) in [6.45, 7) is 6.00. The summed E-state index contributed by atoms with van der Waals surface area (Å²) in [5.41, 5.74) is 3.11. The number of nitrogens with one attached hydrogen (secondary N) is 1. The first-order chi connectivity index (χ1) is 10.5. The molecule has 3 N–H and O–H groups in total. The van der Waals surface area contributed by atoms with Crippen LogP contribution in [0.5, 0.6) is 0 Å². The number of carbonyl (C=O) groups is 1. The van der Waals surface area contributed by atoms with Crippen LogP contribution in [0.1, 0.15) is 31.0 Å². The van der Waals surface area contributed by atoms with E-state index in [1.807, 2.05) is 67.7 Å². The van der Waals surface area contributed by atoms with Gasteiger partial charge < -0.3 is 10.6 Å². The molecule has 0 radical (unpaired) electrons. The molecule has 0 saturated carbocycles. The third-order valence-electron chi connectivity index (χ3n) is 3.68. The van der Waals surface area contributed by atoms with Crippen LogP contribution >= 0.6 is 11.6 Å². The number of hydrogen-bond donors (Lipinski definition) is 2. The lowest BCUT2D eigenvalue weighted by atomic mass is 10.1. The van der Waals surface area contributed by atoms with Crippen molar-refractivity contribution in [2.75, 3.05) is 5.32 Å². The number of aryl methyl sites for hydroxylation is 1. The average molecular weight is 318 g/mol. The van der Waals surface area contributed by atoms with E-state index < -0.39 is 0 Å². The number of benzene rings is 2. The molecule has 2 atom stereocenters. The van der Waals surface area contributed by atoms with Gasteiger partial charge >= 0.3 is 0 Å². The molecule has 0 aromatic heterocycles. The second kappa shape index (κ2) is 7.43. The topological polar surface area (TPSA) is 45.7 Å². The maximum absolute atomic E-state index is 12.3. The summed E-state index contributed by atoms with van der Waals surface area (Å²) in [7, 11) is 0. The number of amides is 1. The average Bonchev–Trinajstić information content (AvgIpc) is 2.49. The van der Waals surface area contributed by atoms with Crippen LogP contribution in [0.25, 0.3) is 0 Å². The number of hydrogen-bond acceptors (Lipinski definition) is 1. The maximum Gasteiger partial charge on any atom is 0.282 e. The Morgan fingerprint density at radius 2 is 1.82 bits per heavy atom. The predicted octanol–water partition coefficient (Wildman–Crippen LogP) is 3.30. The van der Waals surface area contributed by atoms with E-state index in [0.717, 1.165) is 16.3 Å². The molecule has 3 nitrogen and oxygen atoms in total. The molecular formula is C18H22ClN2O+. The molecule has 4 heteroatoms. The van der Waals surface area contributed by atoms with Crippen LogP contribution in [-0.4, -0.2) is 11.9 Å². The highest BCUT2D eigenvalue weighted by Crippen LogP contribution is 2.15. The molecule has 0 fully saturated rings. The number of carbonyl (C=O) groups excluding carboxylic acids is 1. The Kier molecular flexibility index (Phi) is 5.58. The first-order valence-electron chi connectivity index (χ1n) is 7.43. The molecule has 1 amide bonds. The van der Waals surface area contributed by atoms with E-state index >= 15 is 0 Å². The van der Waals surface area contributed by atoms with Crippen LogP contribution in [0.2, 0.25) is 5.02 Å². The van der Waals surface area contributed by atoms with Crippen molar-refractivity contribution in [3.63, 3.8) is 0 Å². The molecule has 0 aliphatic rings. The molecule has 0 bridgehead atoms. The normalized spacial score (nSPS) is 13.5. The molecule has 22 heavy (non-hydrogen) atoms. The summed E-state index contributed by atoms with van der Waals surface area (Å²) in [4.78, 5) is 12.3. The van der Waals surface area contributed by atoms with E-state index in [4.69, 9.17) is 11.6 Å². The smallest absolute Gasteiger partial charge is 0.282 e. The minimum absolute atomic E-state index is 0.00210. The van der Waals surface area contributed by atoms with Crippen LogP contribution in [-0.2, 0) is 4.79 Å². The van der Waals surface area contributed by atoms with Crippen molar-refractivity contribution >= 4 is 23.2 Å². The summed E-state index contributed by atoms with van der Waals surface area (Å²) in [6.07, 6.45) is 0. The molecule has 116 valence electrons. The zero-order chi connectivity index (χ0) is 16.1. The first kappa shape index (κ1) is 16.5. The minimum Gasteiger partial charge on any atom is -0.330 e. The van der Waals surface area contributed by atoms with Crippen LogP contribution in [0.15, 0.2) is 48.5 Å². The zero-order valence-corrected chi connectivity index (χ0v) is 13.9. The highest BCUT2D eigenvalue weighted by Gasteiger charge is 2.20. The van der Waals surface area contributed by atoms with Gasteiger partial charge in [-0.1, -0.05) is 41.4 Å². The van der Waals surface area contributed by atoms with Crippen LogP contribution in [0.4, 0.5) is 5.69 Å². The first-order valence-corrected chi connectivity index (χ1v) is 7.81. The van der Waals surface area contributed by atoms with Crippen LogP contribution in [0.3, 0.4) is 0 Å².